The van der Waals surface area contributed by atoms with Crippen molar-refractivity contribution in [3.05, 3.63) is 17.0 Å². The average Bonchev–Trinajstić information content (AvgIpc) is 3.09. The predicted octanol–water partition coefficient (Wildman–Crippen LogP) is 1.35. The Hall–Kier alpha value is -0.470. The highest BCUT2D eigenvalue weighted by atomic mass is 32.2. The van der Waals surface area contributed by atoms with Crippen molar-refractivity contribution >= 4 is 21.4 Å². The van der Waals surface area contributed by atoms with Crippen LogP contribution < -0.4 is 0 Å². The number of aliphatic hydroxyl groups is 1. The van der Waals surface area contributed by atoms with Crippen LogP contribution in [0.4, 0.5) is 0 Å². The van der Waals surface area contributed by atoms with E-state index < -0.39 is 10.0 Å². The van der Waals surface area contributed by atoms with Gasteiger partial charge >= 0.3 is 0 Å². The van der Waals surface area contributed by atoms with Gasteiger partial charge in [-0.05, 0) is 36.5 Å². The zero-order valence-electron chi connectivity index (χ0n) is 11.9. The molecule has 0 amide bonds. The molecule has 0 radical (unpaired) electrons. The molecule has 114 valence electrons. The molecule has 1 unspecified atom stereocenters. The number of hydrogen-bond acceptors (Lipinski definition) is 5. The summed E-state index contributed by atoms with van der Waals surface area (Å²) in [7, 11) is -3.40. The predicted molar refractivity (Wildman–Crippen MR) is 80.3 cm³/mol. The highest BCUT2D eigenvalue weighted by molar-refractivity contribution is 7.91. The van der Waals surface area contributed by atoms with Crippen LogP contribution in [0.3, 0.4) is 0 Å². The van der Waals surface area contributed by atoms with Crippen molar-refractivity contribution in [2.75, 3.05) is 26.2 Å². The van der Waals surface area contributed by atoms with E-state index in [9.17, 15) is 8.42 Å². The number of aliphatic hydroxyl groups excluding tert-OH is 1. The van der Waals surface area contributed by atoms with Crippen LogP contribution in [0.1, 0.15) is 25.8 Å². The van der Waals surface area contributed by atoms with Crippen LogP contribution in [0, 0.1) is 0 Å². The lowest BCUT2D eigenvalue weighted by atomic mass is 10.2. The van der Waals surface area contributed by atoms with Gasteiger partial charge in [-0.2, -0.15) is 4.31 Å². The number of likely N-dealkylation sites (N-methyl/N-ethyl adjacent to an activating group) is 1. The molecule has 1 aliphatic rings. The summed E-state index contributed by atoms with van der Waals surface area (Å²) in [6.45, 7) is 7.13. The summed E-state index contributed by atoms with van der Waals surface area (Å²) in [5, 5.41) is 10.8. The smallest absolute Gasteiger partial charge is 0.252 e. The summed E-state index contributed by atoms with van der Waals surface area (Å²) in [5.41, 5.74) is 0.660. The van der Waals surface area contributed by atoms with Crippen molar-refractivity contribution in [1.29, 1.82) is 0 Å². The third-order valence-corrected chi connectivity index (χ3v) is 7.19. The SMILES string of the molecule is CCN(CC)C1CCN(S(=O)(=O)c2cc(CO)cs2)C1. The van der Waals surface area contributed by atoms with Crippen molar-refractivity contribution < 1.29 is 13.5 Å². The van der Waals surface area contributed by atoms with E-state index in [-0.39, 0.29) is 6.61 Å². The normalized spacial score (nSPS) is 20.9. The molecule has 1 saturated heterocycles. The third-order valence-electron chi connectivity index (χ3n) is 3.86. The molecule has 1 atom stereocenters. The molecule has 2 rings (SSSR count). The summed E-state index contributed by atoms with van der Waals surface area (Å²) in [6.07, 6.45) is 0.888. The van der Waals surface area contributed by atoms with Gasteiger partial charge in [-0.3, -0.25) is 4.90 Å². The topological polar surface area (TPSA) is 60.9 Å². The van der Waals surface area contributed by atoms with Crippen LogP contribution in [-0.2, 0) is 16.6 Å². The highest BCUT2D eigenvalue weighted by Crippen LogP contribution is 2.28. The van der Waals surface area contributed by atoms with E-state index in [1.807, 2.05) is 0 Å². The molecular formula is C13H22N2O3S2. The fourth-order valence-corrected chi connectivity index (χ4v) is 5.51. The maximum Gasteiger partial charge on any atom is 0.252 e. The molecule has 1 fully saturated rings. The Morgan fingerprint density at radius 2 is 2.15 bits per heavy atom. The molecule has 20 heavy (non-hydrogen) atoms. The zero-order valence-corrected chi connectivity index (χ0v) is 13.6. The van der Waals surface area contributed by atoms with Gasteiger partial charge in [0.1, 0.15) is 4.21 Å². The first-order chi connectivity index (χ1) is 9.52. The lowest BCUT2D eigenvalue weighted by Gasteiger charge is -2.25. The number of hydrogen-bond donors (Lipinski definition) is 1. The standard InChI is InChI=1S/C13H22N2O3S2/c1-3-14(4-2)12-5-6-15(8-12)20(17,18)13-7-11(9-16)10-19-13/h7,10,12,16H,3-6,8-9H2,1-2H3. The molecular weight excluding hydrogens is 296 g/mol. The first-order valence-corrected chi connectivity index (χ1v) is 9.27. The molecule has 1 aromatic heterocycles. The van der Waals surface area contributed by atoms with Gasteiger partial charge in [0, 0.05) is 19.1 Å². The average molecular weight is 318 g/mol. The van der Waals surface area contributed by atoms with Crippen LogP contribution in [0.25, 0.3) is 0 Å². The van der Waals surface area contributed by atoms with Gasteiger partial charge in [0.2, 0.25) is 0 Å². The molecule has 0 aromatic carbocycles. The lowest BCUT2D eigenvalue weighted by molar-refractivity contribution is 0.225. The zero-order chi connectivity index (χ0) is 14.8. The molecule has 1 aromatic rings. The monoisotopic (exact) mass is 318 g/mol. The summed E-state index contributed by atoms with van der Waals surface area (Å²) in [4.78, 5) is 2.31. The van der Waals surface area contributed by atoms with E-state index in [0.717, 1.165) is 19.5 Å². The van der Waals surface area contributed by atoms with Gasteiger partial charge in [0.25, 0.3) is 10.0 Å². The van der Waals surface area contributed by atoms with Crippen molar-refractivity contribution in [3.8, 4) is 0 Å². The summed E-state index contributed by atoms with van der Waals surface area (Å²) in [5.74, 6) is 0. The van der Waals surface area contributed by atoms with E-state index in [2.05, 4.69) is 18.7 Å². The van der Waals surface area contributed by atoms with Gasteiger partial charge in [0.15, 0.2) is 0 Å². The van der Waals surface area contributed by atoms with Crippen LogP contribution in [0.15, 0.2) is 15.7 Å². The number of rotatable bonds is 6. The Balaban J connectivity index is 2.12. The number of sulfonamides is 1. The molecule has 5 nitrogen and oxygen atoms in total. The van der Waals surface area contributed by atoms with Crippen LogP contribution in [0.2, 0.25) is 0 Å². The Bertz CT molecular complexity index is 538. The summed E-state index contributed by atoms with van der Waals surface area (Å²) in [6, 6.07) is 1.89. The second kappa shape index (κ2) is 6.53. The van der Waals surface area contributed by atoms with E-state index in [4.69, 9.17) is 5.11 Å². The molecule has 0 spiro atoms. The minimum Gasteiger partial charge on any atom is -0.392 e. The summed E-state index contributed by atoms with van der Waals surface area (Å²) >= 11 is 1.19. The lowest BCUT2D eigenvalue weighted by Crippen LogP contribution is -2.38. The second-order valence-corrected chi connectivity index (χ2v) is 8.03. The quantitative estimate of drug-likeness (QED) is 0.860. The minimum absolute atomic E-state index is 0.117. The van der Waals surface area contributed by atoms with Gasteiger partial charge in [0.05, 0.1) is 6.61 Å². The Labute approximate surface area is 124 Å². The fraction of sp³-hybridized carbons (Fsp3) is 0.692. The minimum atomic E-state index is -3.40. The molecule has 1 N–H and O–H groups in total. The molecule has 0 aliphatic carbocycles. The van der Waals surface area contributed by atoms with Crippen molar-refractivity contribution in [2.45, 2.75) is 37.1 Å². The largest absolute Gasteiger partial charge is 0.392 e. The van der Waals surface area contributed by atoms with Crippen LogP contribution >= 0.6 is 11.3 Å². The van der Waals surface area contributed by atoms with E-state index in [0.29, 0.717) is 28.9 Å². The first kappa shape index (κ1) is 15.9. The summed E-state index contributed by atoms with van der Waals surface area (Å²) < 4.78 is 27.0. The van der Waals surface area contributed by atoms with Gasteiger partial charge < -0.3 is 5.11 Å². The highest BCUT2D eigenvalue weighted by Gasteiger charge is 2.35. The molecule has 0 saturated carbocycles. The van der Waals surface area contributed by atoms with Gasteiger partial charge in [-0.1, -0.05) is 13.8 Å². The number of thiophene rings is 1. The maximum absolute atomic E-state index is 12.5. The van der Waals surface area contributed by atoms with Gasteiger partial charge in [-0.15, -0.1) is 11.3 Å². The number of nitrogens with zero attached hydrogens (tertiary/aromatic N) is 2. The van der Waals surface area contributed by atoms with E-state index in [1.54, 1.807) is 15.8 Å². The van der Waals surface area contributed by atoms with Crippen LogP contribution in [0.5, 0.6) is 0 Å². The molecule has 2 heterocycles. The Kier molecular flexibility index (Phi) is 5.19. The van der Waals surface area contributed by atoms with Crippen molar-refractivity contribution in [1.82, 2.24) is 9.21 Å². The van der Waals surface area contributed by atoms with E-state index in [1.165, 1.54) is 11.3 Å². The molecule has 7 heteroatoms. The van der Waals surface area contributed by atoms with Gasteiger partial charge in [-0.25, -0.2) is 8.42 Å². The Morgan fingerprint density at radius 1 is 1.45 bits per heavy atom. The van der Waals surface area contributed by atoms with Crippen molar-refractivity contribution in [3.63, 3.8) is 0 Å². The van der Waals surface area contributed by atoms with E-state index >= 15 is 0 Å². The maximum atomic E-state index is 12.5. The third kappa shape index (κ3) is 3.07. The second-order valence-electron chi connectivity index (χ2n) is 4.96. The van der Waals surface area contributed by atoms with Crippen LogP contribution in [-0.4, -0.2) is 55.0 Å². The Morgan fingerprint density at radius 3 is 2.70 bits per heavy atom. The first-order valence-electron chi connectivity index (χ1n) is 6.95. The molecule has 1 aliphatic heterocycles. The van der Waals surface area contributed by atoms with Crippen molar-refractivity contribution in [2.24, 2.45) is 0 Å². The fourth-order valence-electron chi connectivity index (χ4n) is 2.67. The molecule has 0 bridgehead atoms.